The summed E-state index contributed by atoms with van der Waals surface area (Å²) in [7, 11) is 0. The van der Waals surface area contributed by atoms with Crippen LogP contribution in [0.4, 0.5) is 0 Å². The molecule has 0 aliphatic carbocycles. The van der Waals surface area contributed by atoms with Crippen molar-refractivity contribution >= 4 is 23.4 Å². The topological polar surface area (TPSA) is 49.4 Å². The molecule has 0 fully saturated rings. The van der Waals surface area contributed by atoms with Gasteiger partial charge in [0.2, 0.25) is 11.8 Å². The molecule has 1 atom stereocenters. The molecule has 0 radical (unpaired) electrons. The Morgan fingerprint density at radius 2 is 1.76 bits per heavy atom. The lowest BCUT2D eigenvalue weighted by atomic mass is 10.0. The maximum atomic E-state index is 13.3. The van der Waals surface area contributed by atoms with Gasteiger partial charge in [-0.15, -0.1) is 0 Å². The zero-order valence-corrected chi connectivity index (χ0v) is 18.3. The second-order valence-corrected chi connectivity index (χ2v) is 7.76. The Labute approximate surface area is 179 Å². The third kappa shape index (κ3) is 6.90. The highest BCUT2D eigenvalue weighted by Crippen LogP contribution is 2.18. The molecule has 0 aromatic heterocycles. The number of nitrogens with zero attached hydrogens (tertiary/aromatic N) is 1. The Morgan fingerprint density at radius 1 is 1.07 bits per heavy atom. The number of aryl methyl sites for hydroxylation is 1. The second kappa shape index (κ2) is 11.6. The first-order valence-corrected chi connectivity index (χ1v) is 10.7. The van der Waals surface area contributed by atoms with E-state index in [1.54, 1.807) is 4.90 Å². The number of benzene rings is 2. The van der Waals surface area contributed by atoms with Crippen LogP contribution in [-0.2, 0) is 22.6 Å². The Balaban J connectivity index is 2.25. The number of nitrogens with one attached hydrogen (secondary N) is 1. The van der Waals surface area contributed by atoms with E-state index in [1.807, 2.05) is 62.4 Å². The average molecular weight is 415 g/mol. The minimum Gasteiger partial charge on any atom is -0.354 e. The summed E-state index contributed by atoms with van der Waals surface area (Å²) in [6.07, 6.45) is 2.78. The van der Waals surface area contributed by atoms with E-state index >= 15 is 0 Å². The van der Waals surface area contributed by atoms with Gasteiger partial charge in [0.05, 0.1) is 6.42 Å². The van der Waals surface area contributed by atoms with Gasteiger partial charge in [-0.25, -0.2) is 0 Å². The number of carbonyl (C=O) groups is 2. The standard InChI is InChI=1S/C24H31ClN2O2/c1-4-6-15-26-24(29)22(5-2)27(17-19-11-13-21(25)14-12-19)23(28)16-20-10-8-7-9-18(20)3/h7-14,22H,4-6,15-17H2,1-3H3,(H,26,29)/t22-/m0/s1. The summed E-state index contributed by atoms with van der Waals surface area (Å²) in [4.78, 5) is 27.8. The molecule has 2 aromatic carbocycles. The largest absolute Gasteiger partial charge is 0.354 e. The fraction of sp³-hybridized carbons (Fsp3) is 0.417. The molecule has 0 aliphatic heterocycles. The molecule has 0 saturated heterocycles. The lowest BCUT2D eigenvalue weighted by Crippen LogP contribution is -2.49. The first-order chi connectivity index (χ1) is 14.0. The number of amides is 2. The quantitative estimate of drug-likeness (QED) is 0.561. The minimum absolute atomic E-state index is 0.0493. The molecule has 0 spiro atoms. The second-order valence-electron chi connectivity index (χ2n) is 7.32. The third-order valence-corrected chi connectivity index (χ3v) is 5.34. The molecular weight excluding hydrogens is 384 g/mol. The smallest absolute Gasteiger partial charge is 0.242 e. The summed E-state index contributed by atoms with van der Waals surface area (Å²) in [5.74, 6) is -0.139. The van der Waals surface area contributed by atoms with Gasteiger partial charge in [0, 0.05) is 18.1 Å². The van der Waals surface area contributed by atoms with E-state index in [2.05, 4.69) is 12.2 Å². The highest BCUT2D eigenvalue weighted by Gasteiger charge is 2.28. The van der Waals surface area contributed by atoms with Crippen LogP contribution in [0.1, 0.15) is 49.8 Å². The molecule has 2 rings (SSSR count). The van der Waals surface area contributed by atoms with Crippen molar-refractivity contribution in [3.05, 3.63) is 70.2 Å². The van der Waals surface area contributed by atoms with Gasteiger partial charge in [0.15, 0.2) is 0 Å². The lowest BCUT2D eigenvalue weighted by Gasteiger charge is -2.31. The molecule has 2 aromatic rings. The summed E-state index contributed by atoms with van der Waals surface area (Å²) >= 11 is 6.00. The summed E-state index contributed by atoms with van der Waals surface area (Å²) in [6.45, 7) is 7.04. The SMILES string of the molecule is CCCCNC(=O)[C@H](CC)N(Cc1ccc(Cl)cc1)C(=O)Cc1ccccc1C. The third-order valence-electron chi connectivity index (χ3n) is 5.08. The highest BCUT2D eigenvalue weighted by atomic mass is 35.5. The van der Waals surface area contributed by atoms with Gasteiger partial charge in [-0.1, -0.05) is 68.3 Å². The van der Waals surface area contributed by atoms with Gasteiger partial charge in [-0.05, 0) is 48.6 Å². The van der Waals surface area contributed by atoms with Crippen LogP contribution < -0.4 is 5.32 Å². The molecule has 156 valence electrons. The fourth-order valence-electron chi connectivity index (χ4n) is 3.29. The number of carbonyl (C=O) groups excluding carboxylic acids is 2. The number of hydrogen-bond acceptors (Lipinski definition) is 2. The van der Waals surface area contributed by atoms with Gasteiger partial charge in [0.25, 0.3) is 0 Å². The summed E-state index contributed by atoms with van der Waals surface area (Å²) in [5, 5.41) is 3.64. The molecule has 4 nitrogen and oxygen atoms in total. The van der Waals surface area contributed by atoms with E-state index in [0.29, 0.717) is 24.5 Å². The van der Waals surface area contributed by atoms with Crippen molar-refractivity contribution in [3.8, 4) is 0 Å². The van der Waals surface area contributed by atoms with Crippen molar-refractivity contribution in [1.82, 2.24) is 10.2 Å². The van der Waals surface area contributed by atoms with Crippen molar-refractivity contribution in [2.24, 2.45) is 0 Å². The summed E-state index contributed by atoms with van der Waals surface area (Å²) in [5.41, 5.74) is 3.01. The van der Waals surface area contributed by atoms with Crippen LogP contribution in [-0.4, -0.2) is 29.3 Å². The van der Waals surface area contributed by atoms with Crippen LogP contribution >= 0.6 is 11.6 Å². The predicted octanol–water partition coefficient (Wildman–Crippen LogP) is 4.91. The van der Waals surface area contributed by atoms with E-state index in [-0.39, 0.29) is 18.2 Å². The molecule has 5 heteroatoms. The molecule has 2 amide bonds. The Kier molecular flexibility index (Phi) is 9.20. The lowest BCUT2D eigenvalue weighted by molar-refractivity contribution is -0.140. The molecular formula is C24H31ClN2O2. The minimum atomic E-state index is -0.501. The van der Waals surface area contributed by atoms with E-state index in [1.165, 1.54) is 0 Å². The normalized spacial score (nSPS) is 11.7. The van der Waals surface area contributed by atoms with Crippen molar-refractivity contribution in [2.45, 2.75) is 59.0 Å². The van der Waals surface area contributed by atoms with Gasteiger partial charge in [0.1, 0.15) is 6.04 Å². The zero-order chi connectivity index (χ0) is 21.2. The van der Waals surface area contributed by atoms with E-state index in [9.17, 15) is 9.59 Å². The number of rotatable bonds is 10. The average Bonchev–Trinajstić information content (AvgIpc) is 2.71. The number of hydrogen-bond donors (Lipinski definition) is 1. The Morgan fingerprint density at radius 3 is 2.38 bits per heavy atom. The van der Waals surface area contributed by atoms with Crippen LogP contribution in [0.2, 0.25) is 5.02 Å². The molecule has 1 N–H and O–H groups in total. The number of halogens is 1. The van der Waals surface area contributed by atoms with Crippen LogP contribution in [0, 0.1) is 6.92 Å². The molecule has 0 bridgehead atoms. The Bertz CT molecular complexity index is 805. The van der Waals surface area contributed by atoms with Crippen LogP contribution in [0.25, 0.3) is 0 Å². The van der Waals surface area contributed by atoms with Crippen molar-refractivity contribution < 1.29 is 9.59 Å². The van der Waals surface area contributed by atoms with Crippen molar-refractivity contribution in [1.29, 1.82) is 0 Å². The van der Waals surface area contributed by atoms with E-state index in [4.69, 9.17) is 11.6 Å². The predicted molar refractivity (Wildman–Crippen MR) is 119 cm³/mol. The fourth-order valence-corrected chi connectivity index (χ4v) is 3.41. The van der Waals surface area contributed by atoms with Gasteiger partial charge in [-0.3, -0.25) is 9.59 Å². The molecule has 0 unspecified atom stereocenters. The van der Waals surface area contributed by atoms with Gasteiger partial charge >= 0.3 is 0 Å². The maximum Gasteiger partial charge on any atom is 0.242 e. The molecule has 0 heterocycles. The summed E-state index contributed by atoms with van der Waals surface area (Å²) < 4.78 is 0. The van der Waals surface area contributed by atoms with E-state index < -0.39 is 6.04 Å². The molecule has 0 saturated carbocycles. The summed E-state index contributed by atoms with van der Waals surface area (Å²) in [6, 6.07) is 14.8. The highest BCUT2D eigenvalue weighted by molar-refractivity contribution is 6.30. The monoisotopic (exact) mass is 414 g/mol. The first-order valence-electron chi connectivity index (χ1n) is 10.3. The molecule has 0 aliphatic rings. The molecule has 29 heavy (non-hydrogen) atoms. The number of unbranched alkanes of at least 4 members (excludes halogenated alkanes) is 1. The first kappa shape index (κ1) is 23.0. The van der Waals surface area contributed by atoms with Crippen LogP contribution in [0.3, 0.4) is 0 Å². The van der Waals surface area contributed by atoms with Gasteiger partial charge < -0.3 is 10.2 Å². The zero-order valence-electron chi connectivity index (χ0n) is 17.6. The van der Waals surface area contributed by atoms with Crippen molar-refractivity contribution in [2.75, 3.05) is 6.54 Å². The maximum absolute atomic E-state index is 13.3. The Hall–Kier alpha value is -2.33. The van der Waals surface area contributed by atoms with Gasteiger partial charge in [-0.2, -0.15) is 0 Å². The van der Waals surface area contributed by atoms with Crippen LogP contribution in [0.5, 0.6) is 0 Å². The van der Waals surface area contributed by atoms with Crippen LogP contribution in [0.15, 0.2) is 48.5 Å². The van der Waals surface area contributed by atoms with Crippen molar-refractivity contribution in [3.63, 3.8) is 0 Å². The van der Waals surface area contributed by atoms with E-state index in [0.717, 1.165) is 29.5 Å².